The molecule has 2 nitrogen and oxygen atoms in total. The first-order valence-electron chi connectivity index (χ1n) is 6.92. The highest BCUT2D eigenvalue weighted by Crippen LogP contribution is 2.28. The Morgan fingerprint density at radius 1 is 0.909 bits per heavy atom. The van der Waals surface area contributed by atoms with E-state index in [4.69, 9.17) is 0 Å². The van der Waals surface area contributed by atoms with Crippen molar-refractivity contribution in [3.05, 3.63) is 93.7 Å². The van der Waals surface area contributed by atoms with Gasteiger partial charge in [-0.15, -0.1) is 11.3 Å². The minimum Gasteiger partial charge on any atom is -0.289 e. The summed E-state index contributed by atoms with van der Waals surface area (Å²) >= 11 is 1.57. The monoisotopic (exact) mass is 303 g/mol. The molecule has 3 aromatic rings. The van der Waals surface area contributed by atoms with Crippen LogP contribution in [0, 0.1) is 11.3 Å². The highest BCUT2D eigenvalue weighted by Gasteiger charge is 2.15. The summed E-state index contributed by atoms with van der Waals surface area (Å²) in [7, 11) is 0. The molecule has 0 fully saturated rings. The van der Waals surface area contributed by atoms with E-state index in [0.717, 1.165) is 10.4 Å². The molecule has 1 atom stereocenters. The smallest absolute Gasteiger partial charge is 0.193 e. The molecular formula is C19H13NOS. The molecule has 0 aliphatic heterocycles. The first-order valence-corrected chi connectivity index (χ1v) is 7.80. The molecule has 106 valence electrons. The molecule has 0 radical (unpaired) electrons. The fourth-order valence-corrected chi connectivity index (χ4v) is 3.14. The minimum absolute atomic E-state index is 0.00298. The molecule has 0 N–H and O–H groups in total. The molecule has 2 aromatic carbocycles. The van der Waals surface area contributed by atoms with Crippen LogP contribution < -0.4 is 0 Å². The zero-order chi connectivity index (χ0) is 15.4. The molecule has 22 heavy (non-hydrogen) atoms. The Morgan fingerprint density at radius 2 is 1.59 bits per heavy atom. The van der Waals surface area contributed by atoms with E-state index in [1.54, 1.807) is 35.6 Å². The van der Waals surface area contributed by atoms with E-state index in [2.05, 4.69) is 6.07 Å². The summed E-state index contributed by atoms with van der Waals surface area (Å²) in [6, 6.07) is 22.7. The maximum atomic E-state index is 12.4. The second kappa shape index (κ2) is 6.38. The Labute approximate surface area is 133 Å². The lowest BCUT2D eigenvalue weighted by molar-refractivity contribution is 0.103. The van der Waals surface area contributed by atoms with E-state index in [1.165, 1.54) is 0 Å². The number of thiophene rings is 1. The lowest BCUT2D eigenvalue weighted by Gasteiger charge is -2.08. The number of ketones is 1. The van der Waals surface area contributed by atoms with Crippen molar-refractivity contribution in [3.8, 4) is 6.07 Å². The average Bonchev–Trinajstić information content (AvgIpc) is 3.11. The number of rotatable bonds is 4. The SMILES string of the molecule is N#C[C@H](c1ccc(C(=O)c2ccccc2)cc1)c1cccs1. The van der Waals surface area contributed by atoms with Crippen molar-refractivity contribution < 1.29 is 4.79 Å². The van der Waals surface area contributed by atoms with Crippen molar-refractivity contribution in [2.45, 2.75) is 5.92 Å². The first kappa shape index (κ1) is 14.2. The van der Waals surface area contributed by atoms with Crippen LogP contribution >= 0.6 is 11.3 Å². The highest BCUT2D eigenvalue weighted by atomic mass is 32.1. The average molecular weight is 303 g/mol. The molecule has 3 rings (SSSR count). The Bertz CT molecular complexity index is 799. The van der Waals surface area contributed by atoms with Gasteiger partial charge in [0.1, 0.15) is 5.92 Å². The first-order chi connectivity index (χ1) is 10.8. The van der Waals surface area contributed by atoms with Gasteiger partial charge in [0.2, 0.25) is 0 Å². The molecule has 0 amide bonds. The fourth-order valence-electron chi connectivity index (χ4n) is 2.34. The molecule has 0 spiro atoms. The van der Waals surface area contributed by atoms with Gasteiger partial charge in [-0.25, -0.2) is 0 Å². The number of carbonyl (C=O) groups excluding carboxylic acids is 1. The number of hydrogen-bond donors (Lipinski definition) is 0. The number of carbonyl (C=O) groups is 1. The van der Waals surface area contributed by atoms with E-state index in [-0.39, 0.29) is 11.7 Å². The van der Waals surface area contributed by atoms with Crippen molar-refractivity contribution in [1.29, 1.82) is 5.26 Å². The zero-order valence-corrected chi connectivity index (χ0v) is 12.6. The molecule has 0 aliphatic rings. The van der Waals surface area contributed by atoms with Crippen LogP contribution in [0.5, 0.6) is 0 Å². The minimum atomic E-state index is -0.277. The Kier molecular flexibility index (Phi) is 4.13. The van der Waals surface area contributed by atoms with Crippen LogP contribution in [0.2, 0.25) is 0 Å². The summed E-state index contributed by atoms with van der Waals surface area (Å²) < 4.78 is 0. The van der Waals surface area contributed by atoms with Crippen molar-refractivity contribution >= 4 is 17.1 Å². The Morgan fingerprint density at radius 3 is 2.18 bits per heavy atom. The third kappa shape index (κ3) is 2.83. The van der Waals surface area contributed by atoms with Crippen LogP contribution in [0.1, 0.15) is 32.3 Å². The molecule has 0 saturated heterocycles. The maximum absolute atomic E-state index is 12.4. The van der Waals surface area contributed by atoms with Crippen LogP contribution in [0.15, 0.2) is 72.1 Å². The number of benzene rings is 2. The maximum Gasteiger partial charge on any atom is 0.193 e. The number of hydrogen-bond acceptors (Lipinski definition) is 3. The summed E-state index contributed by atoms with van der Waals surface area (Å²) in [6.07, 6.45) is 0. The second-order valence-corrected chi connectivity index (χ2v) is 5.87. The summed E-state index contributed by atoms with van der Waals surface area (Å²) in [6.45, 7) is 0. The van der Waals surface area contributed by atoms with Gasteiger partial charge in [-0.1, -0.05) is 60.7 Å². The van der Waals surface area contributed by atoms with E-state index in [1.807, 2.05) is 47.8 Å². The number of nitriles is 1. The lowest BCUT2D eigenvalue weighted by atomic mass is 9.96. The van der Waals surface area contributed by atoms with Crippen LogP contribution in [-0.2, 0) is 0 Å². The molecule has 1 aromatic heterocycles. The molecule has 0 unspecified atom stereocenters. The molecule has 3 heteroatoms. The molecule has 1 heterocycles. The van der Waals surface area contributed by atoms with Crippen molar-refractivity contribution in [3.63, 3.8) is 0 Å². The molecule has 0 bridgehead atoms. The van der Waals surface area contributed by atoms with Gasteiger partial charge in [-0.05, 0) is 17.0 Å². The second-order valence-electron chi connectivity index (χ2n) is 4.89. The van der Waals surface area contributed by atoms with Gasteiger partial charge in [-0.3, -0.25) is 4.79 Å². The van der Waals surface area contributed by atoms with Gasteiger partial charge >= 0.3 is 0 Å². The van der Waals surface area contributed by atoms with Gasteiger partial charge in [-0.2, -0.15) is 5.26 Å². The normalized spacial score (nSPS) is 11.6. The topological polar surface area (TPSA) is 40.9 Å². The molecule has 0 saturated carbocycles. The lowest BCUT2D eigenvalue weighted by Crippen LogP contribution is -2.02. The number of nitrogens with zero attached hydrogens (tertiary/aromatic N) is 1. The van der Waals surface area contributed by atoms with Crippen LogP contribution in [0.25, 0.3) is 0 Å². The van der Waals surface area contributed by atoms with Gasteiger partial charge in [0.05, 0.1) is 6.07 Å². The van der Waals surface area contributed by atoms with E-state index >= 15 is 0 Å². The van der Waals surface area contributed by atoms with Gasteiger partial charge in [0.25, 0.3) is 0 Å². The van der Waals surface area contributed by atoms with Crippen molar-refractivity contribution in [2.24, 2.45) is 0 Å². The van der Waals surface area contributed by atoms with Gasteiger partial charge in [0, 0.05) is 16.0 Å². The Hall–Kier alpha value is -2.70. The third-order valence-corrected chi connectivity index (χ3v) is 4.44. The van der Waals surface area contributed by atoms with Crippen molar-refractivity contribution in [2.75, 3.05) is 0 Å². The third-order valence-electron chi connectivity index (χ3n) is 3.50. The zero-order valence-electron chi connectivity index (χ0n) is 11.8. The van der Waals surface area contributed by atoms with Gasteiger partial charge < -0.3 is 0 Å². The van der Waals surface area contributed by atoms with Crippen LogP contribution in [-0.4, -0.2) is 5.78 Å². The Balaban J connectivity index is 1.87. The van der Waals surface area contributed by atoms with E-state index in [0.29, 0.717) is 11.1 Å². The van der Waals surface area contributed by atoms with Crippen molar-refractivity contribution in [1.82, 2.24) is 0 Å². The summed E-state index contributed by atoms with van der Waals surface area (Å²) in [5.41, 5.74) is 2.22. The van der Waals surface area contributed by atoms with Gasteiger partial charge in [0.15, 0.2) is 5.78 Å². The van der Waals surface area contributed by atoms with Crippen LogP contribution in [0.4, 0.5) is 0 Å². The van der Waals surface area contributed by atoms with E-state index in [9.17, 15) is 10.1 Å². The predicted molar refractivity (Wildman–Crippen MR) is 88.1 cm³/mol. The van der Waals surface area contributed by atoms with Crippen LogP contribution in [0.3, 0.4) is 0 Å². The summed E-state index contributed by atoms with van der Waals surface area (Å²) in [5, 5.41) is 11.4. The largest absolute Gasteiger partial charge is 0.289 e. The molecular weight excluding hydrogens is 290 g/mol. The highest BCUT2D eigenvalue weighted by molar-refractivity contribution is 7.10. The van der Waals surface area contributed by atoms with E-state index < -0.39 is 0 Å². The quantitative estimate of drug-likeness (QED) is 0.659. The summed E-state index contributed by atoms with van der Waals surface area (Å²) in [5.74, 6) is -0.280. The summed E-state index contributed by atoms with van der Waals surface area (Å²) in [4.78, 5) is 13.4. The standard InChI is InChI=1S/C19H13NOS/c20-13-17(18-7-4-12-22-18)14-8-10-16(11-9-14)19(21)15-5-2-1-3-6-15/h1-12,17H/t17-/m1/s1. The molecule has 0 aliphatic carbocycles. The predicted octanol–water partition coefficient (Wildman–Crippen LogP) is 4.63. The fraction of sp³-hybridized carbons (Fsp3) is 0.0526.